The van der Waals surface area contributed by atoms with Crippen molar-refractivity contribution < 1.29 is 22.6 Å². The first kappa shape index (κ1) is 18.2. The molecule has 1 aromatic carbocycles. The van der Waals surface area contributed by atoms with E-state index in [1.165, 1.54) is 12.1 Å². The van der Waals surface area contributed by atoms with Crippen LogP contribution in [0, 0.1) is 0 Å². The Labute approximate surface area is 151 Å². The zero-order valence-corrected chi connectivity index (χ0v) is 15.1. The van der Waals surface area contributed by atoms with Gasteiger partial charge in [0.15, 0.2) is 17.3 Å². The van der Waals surface area contributed by atoms with E-state index in [2.05, 4.69) is 20.2 Å². The number of hydrogen-bond acceptors (Lipinski definition) is 8. The Kier molecular flexibility index (Phi) is 5.74. The van der Waals surface area contributed by atoms with Gasteiger partial charge in [0, 0.05) is 26.3 Å². The van der Waals surface area contributed by atoms with Crippen LogP contribution in [0.1, 0.15) is 6.42 Å². The second-order valence-corrected chi connectivity index (χ2v) is 7.17. The van der Waals surface area contributed by atoms with Gasteiger partial charge in [-0.3, -0.25) is 4.72 Å². The number of fused-ring (bicyclic) bond motifs is 1. The van der Waals surface area contributed by atoms with Gasteiger partial charge >= 0.3 is 0 Å². The molecule has 2 N–H and O–H groups in total. The minimum Gasteiger partial charge on any atom is -0.486 e. The summed E-state index contributed by atoms with van der Waals surface area (Å²) in [6.45, 7) is 2.16. The summed E-state index contributed by atoms with van der Waals surface area (Å²) >= 11 is 0. The smallest absolute Gasteiger partial charge is 0.263 e. The highest BCUT2D eigenvalue weighted by atomic mass is 32.2. The van der Waals surface area contributed by atoms with Crippen molar-refractivity contribution in [1.29, 1.82) is 0 Å². The van der Waals surface area contributed by atoms with Crippen molar-refractivity contribution in [2.75, 3.05) is 43.5 Å². The topological polar surface area (TPSA) is 112 Å². The SMILES string of the molecule is COCCCNc1ccc(NS(=O)(=O)c2ccc3c(c2)OCCO3)nn1. The summed E-state index contributed by atoms with van der Waals surface area (Å²) in [7, 11) is -2.17. The highest BCUT2D eigenvalue weighted by molar-refractivity contribution is 7.92. The van der Waals surface area contributed by atoms with Crippen LogP contribution in [0.15, 0.2) is 35.2 Å². The number of anilines is 2. The van der Waals surface area contributed by atoms with Gasteiger partial charge in [-0.15, -0.1) is 10.2 Å². The zero-order valence-electron chi connectivity index (χ0n) is 14.3. The lowest BCUT2D eigenvalue weighted by atomic mass is 10.3. The molecular formula is C16H20N4O5S. The van der Waals surface area contributed by atoms with E-state index in [0.29, 0.717) is 43.7 Å². The highest BCUT2D eigenvalue weighted by Crippen LogP contribution is 2.32. The average Bonchev–Trinajstić information content (AvgIpc) is 2.66. The van der Waals surface area contributed by atoms with Crippen molar-refractivity contribution in [3.05, 3.63) is 30.3 Å². The largest absolute Gasteiger partial charge is 0.486 e. The van der Waals surface area contributed by atoms with Crippen LogP contribution in [0.25, 0.3) is 0 Å². The summed E-state index contributed by atoms with van der Waals surface area (Å²) in [5.41, 5.74) is 0. The van der Waals surface area contributed by atoms with E-state index < -0.39 is 10.0 Å². The number of aromatic nitrogens is 2. The lowest BCUT2D eigenvalue weighted by Gasteiger charge is -2.18. The Bertz CT molecular complexity index is 842. The van der Waals surface area contributed by atoms with Crippen LogP contribution >= 0.6 is 0 Å². The molecule has 0 fully saturated rings. The summed E-state index contributed by atoms with van der Waals surface area (Å²) in [4.78, 5) is 0.0605. The minimum atomic E-state index is -3.81. The van der Waals surface area contributed by atoms with E-state index >= 15 is 0 Å². The molecule has 0 radical (unpaired) electrons. The fourth-order valence-electron chi connectivity index (χ4n) is 2.30. The first-order valence-electron chi connectivity index (χ1n) is 8.07. The third kappa shape index (κ3) is 4.52. The summed E-state index contributed by atoms with van der Waals surface area (Å²) in [5.74, 6) is 1.62. The predicted molar refractivity (Wildman–Crippen MR) is 95.3 cm³/mol. The quantitative estimate of drug-likeness (QED) is 0.663. The maximum absolute atomic E-state index is 12.5. The molecule has 0 unspecified atom stereocenters. The van der Waals surface area contributed by atoms with Crippen LogP contribution in [0.3, 0.4) is 0 Å². The van der Waals surface area contributed by atoms with Gasteiger partial charge in [-0.1, -0.05) is 0 Å². The Balaban J connectivity index is 1.65. The van der Waals surface area contributed by atoms with Gasteiger partial charge in [0.1, 0.15) is 19.0 Å². The van der Waals surface area contributed by atoms with Crippen molar-refractivity contribution >= 4 is 21.7 Å². The van der Waals surface area contributed by atoms with Crippen LogP contribution in [0.2, 0.25) is 0 Å². The van der Waals surface area contributed by atoms with E-state index in [0.717, 1.165) is 6.42 Å². The Hall–Kier alpha value is -2.59. The van der Waals surface area contributed by atoms with Crippen molar-refractivity contribution in [3.63, 3.8) is 0 Å². The molecule has 0 bridgehead atoms. The molecule has 1 aromatic heterocycles. The molecule has 1 aliphatic heterocycles. The Morgan fingerprint density at radius 3 is 2.54 bits per heavy atom. The van der Waals surface area contributed by atoms with Crippen LogP contribution in [-0.4, -0.2) is 52.1 Å². The molecular weight excluding hydrogens is 360 g/mol. The lowest BCUT2D eigenvalue weighted by Crippen LogP contribution is -2.18. The number of hydrogen-bond donors (Lipinski definition) is 2. The van der Waals surface area contributed by atoms with Gasteiger partial charge in [-0.2, -0.15) is 0 Å². The van der Waals surface area contributed by atoms with E-state index in [4.69, 9.17) is 14.2 Å². The molecule has 2 heterocycles. The Morgan fingerprint density at radius 1 is 1.08 bits per heavy atom. The molecule has 9 nitrogen and oxygen atoms in total. The second-order valence-electron chi connectivity index (χ2n) is 5.49. The van der Waals surface area contributed by atoms with E-state index in [9.17, 15) is 8.42 Å². The lowest BCUT2D eigenvalue weighted by molar-refractivity contribution is 0.171. The molecule has 0 saturated carbocycles. The summed E-state index contributed by atoms with van der Waals surface area (Å²) in [6, 6.07) is 7.65. The van der Waals surface area contributed by atoms with Crippen molar-refractivity contribution in [2.45, 2.75) is 11.3 Å². The maximum Gasteiger partial charge on any atom is 0.263 e. The average molecular weight is 380 g/mol. The monoisotopic (exact) mass is 380 g/mol. The third-order valence-corrected chi connectivity index (χ3v) is 4.91. The van der Waals surface area contributed by atoms with Gasteiger partial charge in [0.25, 0.3) is 10.0 Å². The minimum absolute atomic E-state index is 0.0605. The number of ether oxygens (including phenoxy) is 3. The molecule has 0 saturated heterocycles. The maximum atomic E-state index is 12.5. The number of methoxy groups -OCH3 is 1. The molecule has 10 heteroatoms. The molecule has 0 aliphatic carbocycles. The third-order valence-electron chi connectivity index (χ3n) is 3.56. The highest BCUT2D eigenvalue weighted by Gasteiger charge is 2.20. The first-order chi connectivity index (χ1) is 12.6. The molecule has 0 spiro atoms. The standard InChI is InChI=1S/C16H20N4O5S/c1-23-8-2-7-17-15-5-6-16(19-18-15)20-26(21,22)12-3-4-13-14(11-12)25-10-9-24-13/h3-6,11H,2,7-10H2,1H3,(H,17,18)(H,19,20). The second kappa shape index (κ2) is 8.19. The number of rotatable bonds is 8. The van der Waals surface area contributed by atoms with Crippen molar-refractivity contribution in [2.24, 2.45) is 0 Å². The van der Waals surface area contributed by atoms with E-state index in [1.807, 2.05) is 0 Å². The van der Waals surface area contributed by atoms with E-state index in [-0.39, 0.29) is 10.7 Å². The van der Waals surface area contributed by atoms with Crippen LogP contribution in [0.4, 0.5) is 11.6 Å². The zero-order chi connectivity index (χ0) is 18.4. The molecule has 1 aliphatic rings. The van der Waals surface area contributed by atoms with Crippen LogP contribution < -0.4 is 19.5 Å². The summed E-state index contributed by atoms with van der Waals surface area (Å²) in [5, 5.41) is 10.9. The number of nitrogens with one attached hydrogen (secondary N) is 2. The van der Waals surface area contributed by atoms with Gasteiger partial charge in [-0.25, -0.2) is 8.42 Å². The Morgan fingerprint density at radius 2 is 1.81 bits per heavy atom. The normalized spacial score (nSPS) is 13.3. The molecule has 140 valence electrons. The van der Waals surface area contributed by atoms with Gasteiger partial charge in [-0.05, 0) is 30.7 Å². The van der Waals surface area contributed by atoms with Crippen molar-refractivity contribution in [1.82, 2.24) is 10.2 Å². The van der Waals surface area contributed by atoms with Crippen molar-refractivity contribution in [3.8, 4) is 11.5 Å². The number of nitrogens with zero attached hydrogens (tertiary/aromatic N) is 2. The molecule has 0 amide bonds. The van der Waals surface area contributed by atoms with Gasteiger partial charge in [0.05, 0.1) is 4.90 Å². The number of sulfonamides is 1. The van der Waals surface area contributed by atoms with Gasteiger partial charge in [0.2, 0.25) is 0 Å². The van der Waals surface area contributed by atoms with Crippen LogP contribution in [-0.2, 0) is 14.8 Å². The molecule has 3 rings (SSSR count). The number of benzene rings is 1. The molecule has 26 heavy (non-hydrogen) atoms. The predicted octanol–water partition coefficient (Wildman–Crippen LogP) is 1.50. The molecule has 0 atom stereocenters. The summed E-state index contributed by atoms with van der Waals surface area (Å²) in [6.07, 6.45) is 0.830. The summed E-state index contributed by atoms with van der Waals surface area (Å²) < 4.78 is 43.2. The fraction of sp³-hybridized carbons (Fsp3) is 0.375. The first-order valence-corrected chi connectivity index (χ1v) is 9.56. The fourth-order valence-corrected chi connectivity index (χ4v) is 3.31. The van der Waals surface area contributed by atoms with E-state index in [1.54, 1.807) is 25.3 Å². The molecule has 2 aromatic rings. The van der Waals surface area contributed by atoms with Crippen LogP contribution in [0.5, 0.6) is 11.5 Å². The van der Waals surface area contributed by atoms with Gasteiger partial charge < -0.3 is 19.5 Å².